The molecule has 0 bridgehead atoms. The van der Waals surface area contributed by atoms with Crippen LogP contribution in [0.15, 0.2) is 51.3 Å². The second-order valence-corrected chi connectivity index (χ2v) is 9.37. The van der Waals surface area contributed by atoms with E-state index >= 15 is 0 Å². The van der Waals surface area contributed by atoms with E-state index in [1.54, 1.807) is 0 Å². The van der Waals surface area contributed by atoms with Crippen molar-refractivity contribution in [2.75, 3.05) is 20.2 Å². The summed E-state index contributed by atoms with van der Waals surface area (Å²) in [6, 6.07) is 7.52. The normalized spacial score (nSPS) is 23.4. The highest BCUT2D eigenvalue weighted by atomic mass is 79.9. The van der Waals surface area contributed by atoms with E-state index in [0.717, 1.165) is 15.7 Å². The third kappa shape index (κ3) is 3.31. The number of Topliss-reactive ketones (excluding diaryl/α,β-unsaturated/α-hetero) is 1. The van der Waals surface area contributed by atoms with E-state index in [1.165, 1.54) is 7.11 Å². The molecule has 1 atom stereocenters. The molecule has 1 amide bonds. The maximum Gasteiger partial charge on any atom is 0.337 e. The highest BCUT2D eigenvalue weighted by Crippen LogP contribution is 2.50. The number of hydrogen-bond donors (Lipinski definition) is 1. The summed E-state index contributed by atoms with van der Waals surface area (Å²) in [5.41, 5.74) is 2.58. The fourth-order valence-corrected chi connectivity index (χ4v) is 5.05. The zero-order valence-electron chi connectivity index (χ0n) is 16.7. The van der Waals surface area contributed by atoms with Gasteiger partial charge in [0.2, 0.25) is 0 Å². The molecule has 7 heteroatoms. The van der Waals surface area contributed by atoms with Gasteiger partial charge in [0.15, 0.2) is 5.78 Å². The van der Waals surface area contributed by atoms with E-state index in [1.807, 2.05) is 29.2 Å². The van der Waals surface area contributed by atoms with Gasteiger partial charge in [-0.1, -0.05) is 41.9 Å². The minimum absolute atomic E-state index is 0.0210. The number of amides is 1. The average molecular weight is 459 g/mol. The van der Waals surface area contributed by atoms with Gasteiger partial charge in [-0.15, -0.1) is 0 Å². The van der Waals surface area contributed by atoms with Gasteiger partial charge in [-0.05, 0) is 29.5 Å². The maximum absolute atomic E-state index is 13.4. The lowest BCUT2D eigenvalue weighted by Gasteiger charge is -2.46. The van der Waals surface area contributed by atoms with Crippen LogP contribution in [0.3, 0.4) is 0 Å². The zero-order valence-corrected chi connectivity index (χ0v) is 18.3. The maximum atomic E-state index is 13.4. The number of rotatable bonds is 2. The van der Waals surface area contributed by atoms with Gasteiger partial charge in [-0.3, -0.25) is 9.59 Å². The Hall–Kier alpha value is -2.41. The number of ether oxygens (including phenoxy) is 1. The Morgan fingerprint density at radius 1 is 1.28 bits per heavy atom. The van der Waals surface area contributed by atoms with Gasteiger partial charge in [0.05, 0.1) is 12.7 Å². The van der Waals surface area contributed by atoms with Crippen LogP contribution in [-0.4, -0.2) is 42.8 Å². The monoisotopic (exact) mass is 458 g/mol. The molecule has 29 heavy (non-hydrogen) atoms. The van der Waals surface area contributed by atoms with Gasteiger partial charge in [-0.25, -0.2) is 4.79 Å². The number of nitrogens with one attached hydrogen (secondary N) is 1. The Morgan fingerprint density at radius 2 is 2.03 bits per heavy atom. The Labute approximate surface area is 178 Å². The first-order valence-corrected chi connectivity index (χ1v) is 10.4. The van der Waals surface area contributed by atoms with E-state index in [0.29, 0.717) is 37.2 Å². The number of fused-ring (bicyclic) bond motifs is 2. The lowest BCUT2D eigenvalue weighted by Crippen LogP contribution is -2.51. The molecule has 1 aromatic rings. The summed E-state index contributed by atoms with van der Waals surface area (Å²) >= 11 is 3.48. The van der Waals surface area contributed by atoms with Crippen molar-refractivity contribution in [3.05, 3.63) is 56.8 Å². The third-order valence-electron chi connectivity index (χ3n) is 5.75. The predicted molar refractivity (Wildman–Crippen MR) is 111 cm³/mol. The number of methoxy groups -OCH3 is 1. The fraction of sp³-hybridized carbons (Fsp3) is 0.409. The number of piperazine rings is 1. The van der Waals surface area contributed by atoms with Crippen LogP contribution in [0, 0.1) is 5.41 Å². The largest absolute Gasteiger partial charge is 0.466 e. The summed E-state index contributed by atoms with van der Waals surface area (Å²) in [6.45, 7) is 5.11. The molecule has 2 aliphatic heterocycles. The summed E-state index contributed by atoms with van der Waals surface area (Å²) in [6.07, 6.45) is 1.07. The fourth-order valence-electron chi connectivity index (χ4n) is 4.63. The van der Waals surface area contributed by atoms with Crippen molar-refractivity contribution in [2.24, 2.45) is 5.41 Å². The molecule has 0 spiro atoms. The van der Waals surface area contributed by atoms with Gasteiger partial charge in [0.25, 0.3) is 5.91 Å². The Kier molecular flexibility index (Phi) is 4.89. The van der Waals surface area contributed by atoms with Crippen LogP contribution in [0.5, 0.6) is 0 Å². The molecule has 152 valence electrons. The Bertz CT molecular complexity index is 992. The summed E-state index contributed by atoms with van der Waals surface area (Å²) in [5, 5.41) is 2.84. The van der Waals surface area contributed by atoms with Crippen LogP contribution >= 0.6 is 15.9 Å². The number of nitrogens with zero attached hydrogens (tertiary/aromatic N) is 1. The molecule has 0 aromatic heterocycles. The molecular weight excluding hydrogens is 436 g/mol. The summed E-state index contributed by atoms with van der Waals surface area (Å²) in [4.78, 5) is 41.0. The molecule has 0 radical (unpaired) electrons. The molecule has 1 aliphatic carbocycles. The number of ketones is 1. The summed E-state index contributed by atoms with van der Waals surface area (Å²) in [7, 11) is 1.30. The highest BCUT2D eigenvalue weighted by molar-refractivity contribution is 9.10. The van der Waals surface area contributed by atoms with Crippen LogP contribution < -0.4 is 5.32 Å². The van der Waals surface area contributed by atoms with Gasteiger partial charge in [0.1, 0.15) is 5.70 Å². The second kappa shape index (κ2) is 7.13. The minimum Gasteiger partial charge on any atom is -0.466 e. The van der Waals surface area contributed by atoms with Crippen LogP contribution in [0.2, 0.25) is 0 Å². The zero-order chi connectivity index (χ0) is 20.9. The van der Waals surface area contributed by atoms with Gasteiger partial charge in [-0.2, -0.15) is 0 Å². The number of halogens is 1. The Balaban J connectivity index is 2.03. The molecule has 2 heterocycles. The van der Waals surface area contributed by atoms with E-state index in [-0.39, 0.29) is 22.7 Å². The lowest BCUT2D eigenvalue weighted by atomic mass is 9.68. The second-order valence-electron chi connectivity index (χ2n) is 8.45. The first kappa shape index (κ1) is 19.9. The molecule has 3 aliphatic rings. The number of benzene rings is 1. The smallest absolute Gasteiger partial charge is 0.337 e. The molecule has 0 unspecified atom stereocenters. The lowest BCUT2D eigenvalue weighted by molar-refractivity contribution is -0.137. The molecule has 1 aromatic carbocycles. The molecule has 1 N–H and O–H groups in total. The SMILES string of the molecule is COC(=O)C1=C2C(=O)NCCN2C2=C(C(=O)CC(C)(C)C2)[C@@H]1c1cccc(Br)c1. The van der Waals surface area contributed by atoms with Crippen LogP contribution in [0.25, 0.3) is 0 Å². The number of allylic oxidation sites excluding steroid dienone is 2. The van der Waals surface area contributed by atoms with E-state index in [2.05, 4.69) is 35.1 Å². The van der Waals surface area contributed by atoms with Crippen LogP contribution in [-0.2, 0) is 19.1 Å². The van der Waals surface area contributed by atoms with Crippen molar-refractivity contribution in [3.8, 4) is 0 Å². The topological polar surface area (TPSA) is 75.7 Å². The van der Waals surface area contributed by atoms with E-state index < -0.39 is 11.9 Å². The highest BCUT2D eigenvalue weighted by Gasteiger charge is 2.48. The minimum atomic E-state index is -0.631. The van der Waals surface area contributed by atoms with Crippen LogP contribution in [0.4, 0.5) is 0 Å². The molecule has 4 rings (SSSR count). The first-order chi connectivity index (χ1) is 13.7. The van der Waals surface area contributed by atoms with Crippen LogP contribution in [0.1, 0.15) is 38.2 Å². The number of hydrogen-bond acceptors (Lipinski definition) is 5. The summed E-state index contributed by atoms with van der Waals surface area (Å²) < 4.78 is 5.91. The van der Waals surface area contributed by atoms with E-state index in [9.17, 15) is 14.4 Å². The van der Waals surface area contributed by atoms with E-state index in [4.69, 9.17) is 4.74 Å². The molecule has 1 fully saturated rings. The van der Waals surface area contributed by atoms with Gasteiger partial charge < -0.3 is 15.0 Å². The number of carbonyl (C=O) groups excluding carboxylic acids is 3. The first-order valence-electron chi connectivity index (χ1n) is 9.63. The predicted octanol–water partition coefficient (Wildman–Crippen LogP) is 3.05. The van der Waals surface area contributed by atoms with Crippen molar-refractivity contribution in [3.63, 3.8) is 0 Å². The molecule has 6 nitrogen and oxygen atoms in total. The molecule has 0 saturated carbocycles. The van der Waals surface area contributed by atoms with Crippen molar-refractivity contribution >= 4 is 33.6 Å². The number of esters is 1. The standard InChI is InChI=1S/C22H23BrN2O4/c1-22(2)10-14-17(15(26)11-22)16(12-5-4-6-13(23)9-12)18(21(28)29-3)19-20(27)24-7-8-25(14)19/h4-6,9,16H,7-8,10-11H2,1-3H3,(H,24,27)/t16-/m0/s1. The molecular formula is C22H23BrN2O4. The number of carbonyl (C=O) groups is 3. The van der Waals surface area contributed by atoms with Gasteiger partial charge >= 0.3 is 5.97 Å². The quantitative estimate of drug-likeness (QED) is 0.689. The van der Waals surface area contributed by atoms with Crippen molar-refractivity contribution < 1.29 is 19.1 Å². The van der Waals surface area contributed by atoms with Gasteiger partial charge in [0, 0.05) is 41.2 Å². The average Bonchev–Trinajstić information content (AvgIpc) is 2.66. The van der Waals surface area contributed by atoms with Crippen molar-refractivity contribution in [2.45, 2.75) is 32.6 Å². The Morgan fingerprint density at radius 3 is 2.72 bits per heavy atom. The molecule has 1 saturated heterocycles. The van der Waals surface area contributed by atoms with Crippen molar-refractivity contribution in [1.29, 1.82) is 0 Å². The summed E-state index contributed by atoms with van der Waals surface area (Å²) in [5.74, 6) is -1.50. The third-order valence-corrected chi connectivity index (χ3v) is 6.24. The van der Waals surface area contributed by atoms with Crippen molar-refractivity contribution in [1.82, 2.24) is 10.2 Å².